The second-order valence-corrected chi connectivity index (χ2v) is 7.61. The molecular weight excluding hydrogens is 340 g/mol. The predicted molar refractivity (Wildman–Crippen MR) is 97.9 cm³/mol. The predicted octanol–water partition coefficient (Wildman–Crippen LogP) is 2.62. The molecule has 2 aromatic carbocycles. The Balaban J connectivity index is 2.05. The molecule has 0 aliphatic carbocycles. The molecule has 0 saturated heterocycles. The van der Waals surface area contributed by atoms with Crippen molar-refractivity contribution >= 4 is 21.6 Å². The molecule has 0 aliphatic heterocycles. The average Bonchev–Trinajstić information content (AvgIpc) is 2.53. The van der Waals surface area contributed by atoms with Crippen LogP contribution < -0.4 is 15.2 Å². The van der Waals surface area contributed by atoms with E-state index in [4.69, 9.17) is 9.88 Å². The van der Waals surface area contributed by atoms with Crippen LogP contribution in [-0.2, 0) is 20.6 Å². The molecule has 0 unspecified atom stereocenters. The number of carbonyl (C=O) groups is 1. The van der Waals surface area contributed by atoms with Crippen LogP contribution in [0, 0.1) is 0 Å². The van der Waals surface area contributed by atoms with Crippen molar-refractivity contribution in [1.82, 2.24) is 0 Å². The molecule has 0 radical (unpaired) electrons. The molecular formula is C18H22N2O4S. The summed E-state index contributed by atoms with van der Waals surface area (Å²) in [6, 6.07) is 14.2. The van der Waals surface area contributed by atoms with Gasteiger partial charge in [0.05, 0.1) is 5.75 Å². The highest BCUT2D eigenvalue weighted by atomic mass is 32.2. The highest BCUT2D eigenvalue weighted by Crippen LogP contribution is 2.25. The summed E-state index contributed by atoms with van der Waals surface area (Å²) in [7, 11) is -3.69. The van der Waals surface area contributed by atoms with E-state index in [1.165, 1.54) is 0 Å². The van der Waals surface area contributed by atoms with Crippen molar-refractivity contribution in [2.75, 3.05) is 11.9 Å². The smallest absolute Gasteiger partial charge is 0.262 e. The molecule has 3 N–H and O–H groups in total. The molecule has 0 spiro atoms. The second-order valence-electron chi connectivity index (χ2n) is 5.99. The van der Waals surface area contributed by atoms with E-state index in [1.807, 2.05) is 38.1 Å². The number of amides is 1. The summed E-state index contributed by atoms with van der Waals surface area (Å²) < 4.78 is 28.2. The molecule has 0 heterocycles. The van der Waals surface area contributed by atoms with Gasteiger partial charge >= 0.3 is 0 Å². The molecule has 0 fully saturated rings. The number of hydrogen-bond acceptors (Lipinski definition) is 4. The summed E-state index contributed by atoms with van der Waals surface area (Å²) in [5.74, 6) is 0.209. The second kappa shape index (κ2) is 8.13. The van der Waals surface area contributed by atoms with Crippen molar-refractivity contribution < 1.29 is 17.9 Å². The summed E-state index contributed by atoms with van der Waals surface area (Å²) in [4.78, 5) is 12.2. The molecule has 2 aromatic rings. The number of ether oxygens (including phenoxy) is 1. The maximum absolute atomic E-state index is 12.2. The van der Waals surface area contributed by atoms with Gasteiger partial charge < -0.3 is 10.1 Å². The van der Waals surface area contributed by atoms with Crippen molar-refractivity contribution in [3.8, 4) is 5.75 Å². The lowest BCUT2D eigenvalue weighted by Gasteiger charge is -2.14. The number of hydrogen-bond donors (Lipinski definition) is 2. The Hall–Kier alpha value is -2.38. The van der Waals surface area contributed by atoms with E-state index in [0.717, 1.165) is 5.56 Å². The van der Waals surface area contributed by atoms with Crippen LogP contribution in [0.15, 0.2) is 48.5 Å². The molecule has 1 amide bonds. The molecule has 0 aliphatic rings. The van der Waals surface area contributed by atoms with Crippen molar-refractivity contribution in [1.29, 1.82) is 0 Å². The number of rotatable bonds is 7. The molecule has 6 nitrogen and oxygen atoms in total. The topological polar surface area (TPSA) is 98.5 Å². The number of benzene rings is 2. The van der Waals surface area contributed by atoms with Gasteiger partial charge in [-0.3, -0.25) is 4.79 Å². The quantitative estimate of drug-likeness (QED) is 0.791. The van der Waals surface area contributed by atoms with Crippen LogP contribution in [-0.4, -0.2) is 20.9 Å². The highest BCUT2D eigenvalue weighted by Gasteiger charge is 2.13. The van der Waals surface area contributed by atoms with Gasteiger partial charge in [0.25, 0.3) is 5.91 Å². The largest absolute Gasteiger partial charge is 0.483 e. The number of nitrogens with one attached hydrogen (secondary N) is 1. The molecule has 0 bridgehead atoms. The van der Waals surface area contributed by atoms with Crippen molar-refractivity contribution in [3.05, 3.63) is 59.7 Å². The first-order valence-electron chi connectivity index (χ1n) is 7.86. The number of primary sulfonamides is 1. The minimum Gasteiger partial charge on any atom is -0.483 e. The third kappa shape index (κ3) is 5.88. The Morgan fingerprint density at radius 2 is 1.76 bits per heavy atom. The summed E-state index contributed by atoms with van der Waals surface area (Å²) >= 11 is 0. The van der Waals surface area contributed by atoms with Crippen molar-refractivity contribution in [2.24, 2.45) is 5.14 Å². The normalized spacial score (nSPS) is 11.4. The van der Waals surface area contributed by atoms with Gasteiger partial charge in [0.15, 0.2) is 6.61 Å². The first-order chi connectivity index (χ1) is 11.8. The molecule has 0 atom stereocenters. The molecule has 0 aromatic heterocycles. The summed E-state index contributed by atoms with van der Waals surface area (Å²) in [5.41, 5.74) is 1.85. The SMILES string of the molecule is CC(C)c1ccccc1OCC(=O)Nc1ccccc1CS(N)(=O)=O. The third-order valence-corrected chi connectivity index (χ3v) is 4.26. The van der Waals surface area contributed by atoms with Crippen molar-refractivity contribution in [3.63, 3.8) is 0 Å². The van der Waals surface area contributed by atoms with Gasteiger partial charge in [-0.1, -0.05) is 50.2 Å². The first-order valence-corrected chi connectivity index (χ1v) is 9.58. The first kappa shape index (κ1) is 19.0. The monoisotopic (exact) mass is 362 g/mol. The zero-order valence-electron chi connectivity index (χ0n) is 14.2. The minimum atomic E-state index is -3.69. The summed E-state index contributed by atoms with van der Waals surface area (Å²) in [6.07, 6.45) is 0. The fourth-order valence-corrected chi connectivity index (χ4v) is 3.09. The van der Waals surface area contributed by atoms with Gasteiger partial charge in [0.1, 0.15) is 5.75 Å². The van der Waals surface area contributed by atoms with Crippen LogP contribution in [0.1, 0.15) is 30.9 Å². The maximum atomic E-state index is 12.2. The summed E-state index contributed by atoms with van der Waals surface area (Å²) in [5, 5.41) is 7.75. The Morgan fingerprint density at radius 1 is 1.12 bits per heavy atom. The van der Waals surface area contributed by atoms with E-state index < -0.39 is 10.0 Å². The number of anilines is 1. The third-order valence-electron chi connectivity index (χ3n) is 3.55. The van der Waals surface area contributed by atoms with Crippen LogP contribution >= 0.6 is 0 Å². The minimum absolute atomic E-state index is 0.173. The standard InChI is InChI=1S/C18H22N2O4S/c1-13(2)15-8-4-6-10-17(15)24-11-18(21)20-16-9-5-3-7-14(16)12-25(19,22)23/h3-10,13H,11-12H2,1-2H3,(H,20,21)(H2,19,22,23). The number of carbonyl (C=O) groups excluding carboxylic acids is 1. The average molecular weight is 362 g/mol. The van der Waals surface area contributed by atoms with E-state index >= 15 is 0 Å². The number of sulfonamides is 1. The molecule has 2 rings (SSSR count). The van der Waals surface area contributed by atoms with Crippen LogP contribution in [0.4, 0.5) is 5.69 Å². The molecule has 0 saturated carbocycles. The molecule has 134 valence electrons. The lowest BCUT2D eigenvalue weighted by molar-refractivity contribution is -0.118. The van der Waals surface area contributed by atoms with Gasteiger partial charge in [0, 0.05) is 5.69 Å². The van der Waals surface area contributed by atoms with Gasteiger partial charge in [-0.25, -0.2) is 13.6 Å². The zero-order chi connectivity index (χ0) is 18.4. The summed E-state index contributed by atoms with van der Waals surface area (Å²) in [6.45, 7) is 3.92. The Bertz CT molecular complexity index is 848. The Morgan fingerprint density at radius 3 is 2.44 bits per heavy atom. The van der Waals surface area contributed by atoms with Gasteiger partial charge in [-0.2, -0.15) is 0 Å². The van der Waals surface area contributed by atoms with Crippen LogP contribution in [0.3, 0.4) is 0 Å². The van der Waals surface area contributed by atoms with Crippen molar-refractivity contribution in [2.45, 2.75) is 25.5 Å². The van der Waals surface area contributed by atoms with Gasteiger partial charge in [-0.05, 0) is 29.2 Å². The van der Waals surface area contributed by atoms with E-state index in [2.05, 4.69) is 5.32 Å². The van der Waals surface area contributed by atoms with E-state index in [1.54, 1.807) is 24.3 Å². The van der Waals surface area contributed by atoms with E-state index in [9.17, 15) is 13.2 Å². The molecule has 25 heavy (non-hydrogen) atoms. The fraction of sp³-hybridized carbons (Fsp3) is 0.278. The lowest BCUT2D eigenvalue weighted by Crippen LogP contribution is -2.22. The van der Waals surface area contributed by atoms with Crippen LogP contribution in [0.5, 0.6) is 5.75 Å². The zero-order valence-corrected chi connectivity index (χ0v) is 15.0. The Labute approximate surface area is 148 Å². The van der Waals surface area contributed by atoms with E-state index in [0.29, 0.717) is 17.0 Å². The van der Waals surface area contributed by atoms with Crippen LogP contribution in [0.2, 0.25) is 0 Å². The number of para-hydroxylation sites is 2. The van der Waals surface area contributed by atoms with Crippen LogP contribution in [0.25, 0.3) is 0 Å². The molecule has 7 heteroatoms. The van der Waals surface area contributed by atoms with Gasteiger partial charge in [-0.15, -0.1) is 0 Å². The van der Waals surface area contributed by atoms with Gasteiger partial charge in [0.2, 0.25) is 10.0 Å². The maximum Gasteiger partial charge on any atom is 0.262 e. The van der Waals surface area contributed by atoms with E-state index in [-0.39, 0.29) is 24.2 Å². The lowest BCUT2D eigenvalue weighted by atomic mass is 10.0. The Kier molecular flexibility index (Phi) is 6.17. The fourth-order valence-electron chi connectivity index (χ4n) is 2.40. The number of nitrogens with two attached hydrogens (primary N) is 1. The highest BCUT2D eigenvalue weighted by molar-refractivity contribution is 7.88.